The highest BCUT2D eigenvalue weighted by Gasteiger charge is 2.12. The fourth-order valence-corrected chi connectivity index (χ4v) is 2.17. The molecule has 0 fully saturated rings. The maximum atomic E-state index is 11.8. The molecule has 0 radical (unpaired) electrons. The lowest BCUT2D eigenvalue weighted by Gasteiger charge is -2.07. The minimum Gasteiger partial charge on any atom is -0.349 e. The molecule has 94 valence electrons. The van der Waals surface area contributed by atoms with E-state index in [9.17, 15) is 9.59 Å². The van der Waals surface area contributed by atoms with Crippen molar-refractivity contribution >= 4 is 17.2 Å². The van der Waals surface area contributed by atoms with Gasteiger partial charge in [-0.3, -0.25) is 4.79 Å². The first kappa shape index (κ1) is 12.5. The van der Waals surface area contributed by atoms with E-state index in [-0.39, 0.29) is 17.6 Å². The van der Waals surface area contributed by atoms with Crippen LogP contribution in [0.2, 0.25) is 0 Å². The van der Waals surface area contributed by atoms with Crippen LogP contribution in [-0.4, -0.2) is 21.9 Å². The molecule has 2 N–H and O–H groups in total. The van der Waals surface area contributed by atoms with Crippen molar-refractivity contribution in [2.24, 2.45) is 0 Å². The number of aromatic amines is 1. The van der Waals surface area contributed by atoms with Gasteiger partial charge >= 0.3 is 5.69 Å². The summed E-state index contributed by atoms with van der Waals surface area (Å²) in [6, 6.07) is 5.35. The number of thiophene rings is 1. The summed E-state index contributed by atoms with van der Waals surface area (Å²) in [6.07, 6.45) is 0. The minimum absolute atomic E-state index is 0.00350. The molecule has 0 unspecified atom stereocenters. The molecule has 1 amide bonds. The Hall–Kier alpha value is -1.95. The summed E-state index contributed by atoms with van der Waals surface area (Å²) in [7, 11) is 0. The fourth-order valence-electron chi connectivity index (χ4n) is 1.47. The van der Waals surface area contributed by atoms with Gasteiger partial charge in [-0.1, -0.05) is 6.07 Å². The third-order valence-corrected chi connectivity index (χ3v) is 3.09. The molecule has 0 saturated heterocycles. The predicted octanol–water partition coefficient (Wildman–Crippen LogP) is 1.64. The largest absolute Gasteiger partial charge is 0.349 e. The quantitative estimate of drug-likeness (QED) is 0.884. The van der Waals surface area contributed by atoms with E-state index >= 15 is 0 Å². The summed E-state index contributed by atoms with van der Waals surface area (Å²) in [4.78, 5) is 30.5. The Morgan fingerprint density at radius 2 is 2.28 bits per heavy atom. The first-order valence-corrected chi connectivity index (χ1v) is 6.40. The molecule has 2 aromatic heterocycles. The van der Waals surface area contributed by atoms with Gasteiger partial charge in [0, 0.05) is 6.04 Å². The lowest BCUT2D eigenvalue weighted by atomic mass is 10.2. The second-order valence-electron chi connectivity index (χ2n) is 4.09. The Bertz CT molecular complexity index is 602. The lowest BCUT2D eigenvalue weighted by Crippen LogP contribution is -2.32. The van der Waals surface area contributed by atoms with Crippen molar-refractivity contribution in [3.63, 3.8) is 0 Å². The number of carbonyl (C=O) groups is 1. The molecule has 0 saturated carbocycles. The minimum atomic E-state index is -0.519. The van der Waals surface area contributed by atoms with Gasteiger partial charge in [0.25, 0.3) is 5.91 Å². The van der Waals surface area contributed by atoms with E-state index in [0.29, 0.717) is 5.69 Å². The third kappa shape index (κ3) is 2.84. The molecule has 0 aliphatic carbocycles. The molecular weight excluding hydrogens is 250 g/mol. The fraction of sp³-hybridized carbons (Fsp3) is 0.250. The molecule has 0 bridgehead atoms. The third-order valence-electron chi connectivity index (χ3n) is 2.18. The Morgan fingerprint density at radius 1 is 1.50 bits per heavy atom. The normalized spacial score (nSPS) is 10.6. The first-order chi connectivity index (χ1) is 8.56. The van der Waals surface area contributed by atoms with Crippen LogP contribution in [0.1, 0.15) is 24.3 Å². The Labute approximate surface area is 108 Å². The monoisotopic (exact) mass is 263 g/mol. The molecule has 0 atom stereocenters. The smallest absolute Gasteiger partial charge is 0.346 e. The van der Waals surface area contributed by atoms with Crippen LogP contribution in [0.3, 0.4) is 0 Å². The molecular formula is C12H13N3O2S. The first-order valence-electron chi connectivity index (χ1n) is 5.52. The van der Waals surface area contributed by atoms with Gasteiger partial charge in [0.15, 0.2) is 0 Å². The highest BCUT2D eigenvalue weighted by atomic mass is 32.1. The summed E-state index contributed by atoms with van der Waals surface area (Å²) in [5, 5.41) is 4.61. The summed E-state index contributed by atoms with van der Waals surface area (Å²) < 4.78 is 0. The summed E-state index contributed by atoms with van der Waals surface area (Å²) in [6.45, 7) is 3.70. The molecule has 0 aromatic carbocycles. The van der Waals surface area contributed by atoms with Crippen LogP contribution >= 0.6 is 11.3 Å². The summed E-state index contributed by atoms with van der Waals surface area (Å²) in [5.74, 6) is -0.339. The highest BCUT2D eigenvalue weighted by molar-refractivity contribution is 7.13. The molecule has 0 aliphatic heterocycles. The predicted molar refractivity (Wildman–Crippen MR) is 70.8 cm³/mol. The number of aromatic nitrogens is 2. The Kier molecular flexibility index (Phi) is 3.57. The van der Waals surface area contributed by atoms with Crippen LogP contribution in [0.25, 0.3) is 10.6 Å². The number of rotatable bonds is 3. The van der Waals surface area contributed by atoms with Crippen molar-refractivity contribution in [3.05, 3.63) is 39.8 Å². The van der Waals surface area contributed by atoms with E-state index < -0.39 is 5.69 Å². The molecule has 2 aromatic rings. The maximum Gasteiger partial charge on any atom is 0.346 e. The molecule has 18 heavy (non-hydrogen) atoms. The number of nitrogens with zero attached hydrogens (tertiary/aromatic N) is 1. The zero-order valence-corrected chi connectivity index (χ0v) is 10.9. The second-order valence-corrected chi connectivity index (χ2v) is 5.04. The molecule has 2 rings (SSSR count). The lowest BCUT2D eigenvalue weighted by molar-refractivity contribution is 0.0937. The van der Waals surface area contributed by atoms with Crippen molar-refractivity contribution in [1.82, 2.24) is 15.3 Å². The molecule has 0 spiro atoms. The number of nitrogens with one attached hydrogen (secondary N) is 2. The van der Waals surface area contributed by atoms with E-state index in [1.54, 1.807) is 6.07 Å². The standard InChI is InChI=1S/C12H13N3O2S/c1-7(2)13-11(16)9-6-8(14-12(17)15-9)10-4-3-5-18-10/h3-7H,1-2H3,(H,13,16)(H,14,15,17). The Balaban J connectivity index is 2.39. The van der Waals surface area contributed by atoms with E-state index in [1.165, 1.54) is 11.3 Å². The highest BCUT2D eigenvalue weighted by Crippen LogP contribution is 2.21. The van der Waals surface area contributed by atoms with Gasteiger partial charge in [-0.2, -0.15) is 4.98 Å². The Morgan fingerprint density at radius 3 is 2.89 bits per heavy atom. The number of H-pyrrole nitrogens is 1. The zero-order valence-electron chi connectivity index (χ0n) is 10.1. The summed E-state index contributed by atoms with van der Waals surface area (Å²) >= 11 is 1.49. The van der Waals surface area contributed by atoms with Crippen molar-refractivity contribution in [1.29, 1.82) is 0 Å². The van der Waals surface area contributed by atoms with Crippen LogP contribution in [0, 0.1) is 0 Å². The van der Waals surface area contributed by atoms with Gasteiger partial charge in [0.05, 0.1) is 10.6 Å². The zero-order chi connectivity index (χ0) is 13.1. The van der Waals surface area contributed by atoms with E-state index in [1.807, 2.05) is 31.4 Å². The van der Waals surface area contributed by atoms with Gasteiger partial charge in [-0.15, -0.1) is 11.3 Å². The molecule has 0 aliphatic rings. The van der Waals surface area contributed by atoms with Crippen LogP contribution in [0.4, 0.5) is 0 Å². The number of carbonyl (C=O) groups excluding carboxylic acids is 1. The van der Waals surface area contributed by atoms with Gasteiger partial charge < -0.3 is 10.3 Å². The van der Waals surface area contributed by atoms with E-state index in [2.05, 4.69) is 15.3 Å². The van der Waals surface area contributed by atoms with Crippen molar-refractivity contribution < 1.29 is 4.79 Å². The van der Waals surface area contributed by atoms with Gasteiger partial charge in [-0.05, 0) is 31.4 Å². The molecule has 6 heteroatoms. The topological polar surface area (TPSA) is 74.8 Å². The van der Waals surface area contributed by atoms with Gasteiger partial charge in [-0.25, -0.2) is 4.79 Å². The van der Waals surface area contributed by atoms with E-state index in [0.717, 1.165) is 4.88 Å². The van der Waals surface area contributed by atoms with Gasteiger partial charge in [0.1, 0.15) is 5.69 Å². The molecule has 2 heterocycles. The van der Waals surface area contributed by atoms with Crippen LogP contribution in [-0.2, 0) is 0 Å². The van der Waals surface area contributed by atoms with Crippen LogP contribution in [0.15, 0.2) is 28.4 Å². The second kappa shape index (κ2) is 5.14. The number of hydrogen-bond acceptors (Lipinski definition) is 4. The van der Waals surface area contributed by atoms with Crippen LogP contribution in [0.5, 0.6) is 0 Å². The average Bonchev–Trinajstić information content (AvgIpc) is 2.80. The number of hydrogen-bond donors (Lipinski definition) is 2. The van der Waals surface area contributed by atoms with Gasteiger partial charge in [0.2, 0.25) is 0 Å². The summed E-state index contributed by atoms with van der Waals surface area (Å²) in [5.41, 5.74) is 0.226. The van der Waals surface area contributed by atoms with Crippen LogP contribution < -0.4 is 11.0 Å². The average molecular weight is 263 g/mol. The van der Waals surface area contributed by atoms with E-state index in [4.69, 9.17) is 0 Å². The number of amides is 1. The van der Waals surface area contributed by atoms with Crippen molar-refractivity contribution in [2.75, 3.05) is 0 Å². The SMILES string of the molecule is CC(C)NC(=O)c1cc(-c2cccs2)[nH]c(=O)n1. The maximum absolute atomic E-state index is 11.8. The van der Waals surface area contributed by atoms with Crippen molar-refractivity contribution in [2.45, 2.75) is 19.9 Å². The van der Waals surface area contributed by atoms with Crippen molar-refractivity contribution in [3.8, 4) is 10.6 Å². The molecule has 5 nitrogen and oxygen atoms in total.